The quantitative estimate of drug-likeness (QED) is 0.770. The molecule has 0 spiro atoms. The van der Waals surface area contributed by atoms with Crippen LogP contribution in [0.15, 0.2) is 36.4 Å². The molecule has 2 aromatic rings. The maximum atomic E-state index is 11.7. The number of thioether (sulfide) groups is 1. The first-order valence-corrected chi connectivity index (χ1v) is 9.93. The van der Waals surface area contributed by atoms with Crippen LogP contribution in [0.5, 0.6) is 17.2 Å². The molecule has 0 saturated carbocycles. The second-order valence-electron chi connectivity index (χ2n) is 6.85. The van der Waals surface area contributed by atoms with Gasteiger partial charge in [-0.1, -0.05) is 23.9 Å². The molecule has 0 bridgehead atoms. The van der Waals surface area contributed by atoms with Gasteiger partial charge in [0.1, 0.15) is 5.75 Å². The van der Waals surface area contributed by atoms with E-state index in [4.69, 9.17) is 14.2 Å². The molecule has 146 valence electrons. The lowest BCUT2D eigenvalue weighted by atomic mass is 9.78. The molecule has 2 unspecified atom stereocenters. The van der Waals surface area contributed by atoms with Crippen LogP contribution in [-0.2, 0) is 17.6 Å². The van der Waals surface area contributed by atoms with Crippen molar-refractivity contribution in [2.24, 2.45) is 0 Å². The minimum atomic E-state index is -0.349. The predicted molar refractivity (Wildman–Crippen MR) is 107 cm³/mol. The monoisotopic (exact) mass is 399 g/mol. The van der Waals surface area contributed by atoms with E-state index in [1.165, 1.54) is 11.1 Å². The summed E-state index contributed by atoms with van der Waals surface area (Å²) in [5, 5.41) is 1.69. The van der Waals surface area contributed by atoms with Gasteiger partial charge in [0.15, 0.2) is 11.5 Å². The highest BCUT2D eigenvalue weighted by Gasteiger charge is 2.31. The highest BCUT2D eigenvalue weighted by atomic mass is 32.2. The van der Waals surface area contributed by atoms with Gasteiger partial charge in [-0.25, -0.2) is 0 Å². The van der Waals surface area contributed by atoms with Crippen molar-refractivity contribution in [2.45, 2.75) is 24.0 Å². The fraction of sp³-hybridized carbons (Fsp3) is 0.333. The van der Waals surface area contributed by atoms with E-state index in [1.54, 1.807) is 14.2 Å². The first-order valence-electron chi connectivity index (χ1n) is 9.05. The van der Waals surface area contributed by atoms with E-state index in [1.807, 2.05) is 36.4 Å². The Morgan fingerprint density at radius 1 is 1.07 bits per heavy atom. The van der Waals surface area contributed by atoms with Crippen molar-refractivity contribution in [3.8, 4) is 17.2 Å². The van der Waals surface area contributed by atoms with Gasteiger partial charge in [-0.05, 0) is 53.8 Å². The topological polar surface area (TPSA) is 73.9 Å². The Morgan fingerprint density at radius 3 is 2.43 bits per heavy atom. The Morgan fingerprint density at radius 2 is 1.79 bits per heavy atom. The highest BCUT2D eigenvalue weighted by Crippen LogP contribution is 2.42. The van der Waals surface area contributed by atoms with E-state index in [0.717, 1.165) is 41.0 Å². The molecule has 2 atom stereocenters. The number of hydrogen-bond donors (Lipinski definition) is 1. The maximum Gasteiger partial charge on any atom is 0.286 e. The smallest absolute Gasteiger partial charge is 0.286 e. The number of hydrogen-bond acceptors (Lipinski definition) is 6. The fourth-order valence-electron chi connectivity index (χ4n) is 3.55. The van der Waals surface area contributed by atoms with Gasteiger partial charge < -0.3 is 14.2 Å². The molecule has 0 aromatic heterocycles. The molecule has 1 aliphatic carbocycles. The van der Waals surface area contributed by atoms with Gasteiger partial charge >= 0.3 is 0 Å². The SMILES string of the molecule is COc1cc2c(cc1OC)C(COc1ccc(CC3SC(=O)NC3=O)cc1)C2. The Labute approximate surface area is 167 Å². The molecule has 2 aromatic carbocycles. The molecule has 1 fully saturated rings. The number of carbonyl (C=O) groups is 2. The van der Waals surface area contributed by atoms with E-state index in [0.29, 0.717) is 18.9 Å². The predicted octanol–water partition coefficient (Wildman–Crippen LogP) is 3.32. The summed E-state index contributed by atoms with van der Waals surface area (Å²) in [5.41, 5.74) is 3.51. The molecule has 2 amide bonds. The molecule has 28 heavy (non-hydrogen) atoms. The van der Waals surface area contributed by atoms with Crippen LogP contribution in [0.25, 0.3) is 0 Å². The number of ether oxygens (including phenoxy) is 3. The largest absolute Gasteiger partial charge is 0.493 e. The van der Waals surface area contributed by atoms with E-state index in [2.05, 4.69) is 5.32 Å². The van der Waals surface area contributed by atoms with Gasteiger partial charge in [-0.2, -0.15) is 0 Å². The first kappa shape index (κ1) is 18.7. The molecule has 2 aliphatic rings. The third kappa shape index (κ3) is 3.67. The third-order valence-corrected chi connectivity index (χ3v) is 6.10. The normalized spacial score (nSPS) is 20.2. The number of carbonyl (C=O) groups excluding carboxylic acids is 2. The Kier molecular flexibility index (Phi) is 5.17. The van der Waals surface area contributed by atoms with E-state index in [-0.39, 0.29) is 16.4 Å². The standard InChI is InChI=1S/C21H21NO5S/c1-25-17-9-13-8-14(16(13)10-18(17)26-2)11-27-15-5-3-12(4-6-15)7-19-20(23)22-21(24)28-19/h3-6,9-10,14,19H,7-8,11H2,1-2H3,(H,22,23,24). The Hall–Kier alpha value is -2.67. The lowest BCUT2D eigenvalue weighted by Gasteiger charge is -2.31. The number of amides is 2. The van der Waals surface area contributed by atoms with Crippen LogP contribution in [0.3, 0.4) is 0 Å². The van der Waals surface area contributed by atoms with Gasteiger partial charge in [0.25, 0.3) is 5.24 Å². The first-order chi connectivity index (χ1) is 13.6. The minimum Gasteiger partial charge on any atom is -0.493 e. The summed E-state index contributed by atoms with van der Waals surface area (Å²) in [5.74, 6) is 2.40. The van der Waals surface area contributed by atoms with Gasteiger partial charge in [0.2, 0.25) is 5.91 Å². The van der Waals surface area contributed by atoms with Crippen molar-refractivity contribution < 1.29 is 23.8 Å². The molecule has 7 heteroatoms. The Balaban J connectivity index is 1.34. The summed E-state index contributed by atoms with van der Waals surface area (Å²) in [6.45, 7) is 0.594. The third-order valence-electron chi connectivity index (χ3n) is 5.11. The van der Waals surface area contributed by atoms with Crippen molar-refractivity contribution in [2.75, 3.05) is 20.8 Å². The second-order valence-corrected chi connectivity index (χ2v) is 8.02. The number of nitrogens with one attached hydrogen (secondary N) is 1. The Bertz CT molecular complexity index is 912. The average Bonchev–Trinajstić information content (AvgIpc) is 3.00. The summed E-state index contributed by atoms with van der Waals surface area (Å²) >= 11 is 1.05. The van der Waals surface area contributed by atoms with Crippen LogP contribution in [0, 0.1) is 0 Å². The molecule has 6 nitrogen and oxygen atoms in total. The summed E-state index contributed by atoms with van der Waals surface area (Å²) in [4.78, 5) is 22.9. The number of rotatable bonds is 7. The molecular weight excluding hydrogens is 378 g/mol. The molecule has 1 aliphatic heterocycles. The molecule has 1 saturated heterocycles. The lowest BCUT2D eigenvalue weighted by molar-refractivity contribution is -0.118. The molecule has 1 heterocycles. The van der Waals surface area contributed by atoms with Crippen molar-refractivity contribution >= 4 is 22.9 Å². The van der Waals surface area contributed by atoms with Gasteiger partial charge in [0.05, 0.1) is 26.1 Å². The van der Waals surface area contributed by atoms with Crippen LogP contribution < -0.4 is 19.5 Å². The molecule has 0 radical (unpaired) electrons. The summed E-state index contributed by atoms with van der Waals surface area (Å²) in [6, 6.07) is 11.7. The van der Waals surface area contributed by atoms with Crippen molar-refractivity contribution in [3.63, 3.8) is 0 Å². The number of imide groups is 1. The van der Waals surface area contributed by atoms with E-state index >= 15 is 0 Å². The zero-order valence-corrected chi connectivity index (χ0v) is 16.5. The minimum absolute atomic E-state index is 0.217. The maximum absolute atomic E-state index is 11.7. The van der Waals surface area contributed by atoms with Crippen LogP contribution in [0.1, 0.15) is 22.6 Å². The average molecular weight is 399 g/mol. The van der Waals surface area contributed by atoms with Crippen molar-refractivity contribution in [1.29, 1.82) is 0 Å². The summed E-state index contributed by atoms with van der Waals surface area (Å²) in [6.07, 6.45) is 1.48. The van der Waals surface area contributed by atoms with Crippen molar-refractivity contribution in [3.05, 3.63) is 53.1 Å². The number of fused-ring (bicyclic) bond motifs is 1. The fourth-order valence-corrected chi connectivity index (χ4v) is 4.41. The lowest BCUT2D eigenvalue weighted by Crippen LogP contribution is -2.25. The highest BCUT2D eigenvalue weighted by molar-refractivity contribution is 8.15. The van der Waals surface area contributed by atoms with E-state index in [9.17, 15) is 9.59 Å². The second kappa shape index (κ2) is 7.75. The van der Waals surface area contributed by atoms with Crippen LogP contribution in [0.2, 0.25) is 0 Å². The molecular formula is C21H21NO5S. The van der Waals surface area contributed by atoms with Crippen LogP contribution in [0.4, 0.5) is 4.79 Å². The van der Waals surface area contributed by atoms with Gasteiger partial charge in [0, 0.05) is 5.92 Å². The van der Waals surface area contributed by atoms with Gasteiger partial charge in [-0.3, -0.25) is 14.9 Å². The summed E-state index contributed by atoms with van der Waals surface area (Å²) in [7, 11) is 3.28. The molecule has 4 rings (SSSR count). The summed E-state index contributed by atoms with van der Waals surface area (Å²) < 4.78 is 16.7. The van der Waals surface area contributed by atoms with Crippen molar-refractivity contribution in [1.82, 2.24) is 5.32 Å². The van der Waals surface area contributed by atoms with Crippen LogP contribution in [-0.4, -0.2) is 37.2 Å². The molecule has 1 N–H and O–H groups in total. The van der Waals surface area contributed by atoms with E-state index < -0.39 is 0 Å². The number of benzene rings is 2. The number of methoxy groups -OCH3 is 2. The van der Waals surface area contributed by atoms with Gasteiger partial charge in [-0.15, -0.1) is 0 Å². The zero-order valence-electron chi connectivity index (χ0n) is 15.7. The zero-order chi connectivity index (χ0) is 19.7. The van der Waals surface area contributed by atoms with Crippen LogP contribution >= 0.6 is 11.8 Å².